The van der Waals surface area contributed by atoms with Gasteiger partial charge in [-0.2, -0.15) is 5.10 Å². The van der Waals surface area contributed by atoms with Crippen LogP contribution in [0, 0.1) is 5.82 Å². The van der Waals surface area contributed by atoms with E-state index in [0.29, 0.717) is 5.52 Å². The van der Waals surface area contributed by atoms with Crippen molar-refractivity contribution in [2.45, 2.75) is 11.6 Å². The van der Waals surface area contributed by atoms with Crippen molar-refractivity contribution in [1.82, 2.24) is 14.8 Å². The summed E-state index contributed by atoms with van der Waals surface area (Å²) in [4.78, 5) is 4.24. The molecular formula is C19H14ClFN4O3S. The monoisotopic (exact) mass is 432 g/mol. The molecule has 0 fully saturated rings. The van der Waals surface area contributed by atoms with Crippen LogP contribution < -0.4 is 9.46 Å². The number of pyridine rings is 1. The van der Waals surface area contributed by atoms with Gasteiger partial charge in [0.15, 0.2) is 6.73 Å². The summed E-state index contributed by atoms with van der Waals surface area (Å²) in [5.74, 6) is -0.186. The summed E-state index contributed by atoms with van der Waals surface area (Å²) in [6.07, 6.45) is 4.36. The van der Waals surface area contributed by atoms with E-state index >= 15 is 0 Å². The fourth-order valence-corrected chi connectivity index (χ4v) is 4.15. The van der Waals surface area contributed by atoms with Gasteiger partial charge in [-0.3, -0.25) is 9.71 Å². The van der Waals surface area contributed by atoms with Crippen molar-refractivity contribution in [2.75, 3.05) is 4.72 Å². The predicted octanol–water partition coefficient (Wildman–Crippen LogP) is 4.06. The zero-order chi connectivity index (χ0) is 20.4. The Morgan fingerprint density at radius 1 is 1.17 bits per heavy atom. The van der Waals surface area contributed by atoms with Gasteiger partial charge in [0.1, 0.15) is 16.5 Å². The first-order valence-corrected chi connectivity index (χ1v) is 10.3. The van der Waals surface area contributed by atoms with Crippen LogP contribution in [0.3, 0.4) is 0 Å². The number of aromatic nitrogens is 3. The van der Waals surface area contributed by atoms with E-state index in [0.717, 1.165) is 11.5 Å². The fourth-order valence-electron chi connectivity index (χ4n) is 2.72. The highest BCUT2D eigenvalue weighted by molar-refractivity contribution is 7.93. The van der Waals surface area contributed by atoms with Crippen LogP contribution in [-0.4, -0.2) is 23.2 Å². The number of hydrogen-bond donors (Lipinski definition) is 1. The topological polar surface area (TPSA) is 86.1 Å². The molecule has 0 aliphatic rings. The molecular weight excluding hydrogens is 419 g/mol. The van der Waals surface area contributed by atoms with Crippen LogP contribution in [0.4, 0.5) is 10.1 Å². The number of halogens is 2. The Hall–Kier alpha value is -3.17. The third-order valence-electron chi connectivity index (χ3n) is 4.02. The molecule has 10 heteroatoms. The third kappa shape index (κ3) is 4.15. The van der Waals surface area contributed by atoms with Crippen molar-refractivity contribution in [1.29, 1.82) is 0 Å². The maximum atomic E-state index is 13.1. The van der Waals surface area contributed by atoms with E-state index < -0.39 is 15.8 Å². The minimum Gasteiger partial charge on any atom is -0.470 e. The van der Waals surface area contributed by atoms with Crippen LogP contribution in [0.15, 0.2) is 72.0 Å². The second-order valence-corrected chi connectivity index (χ2v) is 8.11. The van der Waals surface area contributed by atoms with E-state index in [1.54, 1.807) is 24.3 Å². The van der Waals surface area contributed by atoms with Gasteiger partial charge in [-0.15, -0.1) is 0 Å². The normalized spacial score (nSPS) is 11.5. The van der Waals surface area contributed by atoms with Gasteiger partial charge >= 0.3 is 0 Å². The Bertz CT molecular complexity index is 1290. The highest BCUT2D eigenvalue weighted by atomic mass is 35.5. The summed E-state index contributed by atoms with van der Waals surface area (Å²) >= 11 is 5.91. The van der Waals surface area contributed by atoms with Gasteiger partial charge in [0.25, 0.3) is 10.0 Å². The van der Waals surface area contributed by atoms with Crippen LogP contribution >= 0.6 is 11.6 Å². The van der Waals surface area contributed by atoms with E-state index in [9.17, 15) is 12.8 Å². The first kappa shape index (κ1) is 19.2. The minimum absolute atomic E-state index is 0.0388. The molecule has 0 radical (unpaired) electrons. The molecule has 0 aliphatic heterocycles. The Labute approximate surface area is 170 Å². The molecule has 0 saturated heterocycles. The van der Waals surface area contributed by atoms with Crippen LogP contribution in [0.2, 0.25) is 5.02 Å². The Morgan fingerprint density at radius 2 is 2.00 bits per heavy atom. The number of anilines is 1. The fraction of sp³-hybridized carbons (Fsp3) is 0.0526. The van der Waals surface area contributed by atoms with Gasteiger partial charge in [-0.1, -0.05) is 29.8 Å². The summed E-state index contributed by atoms with van der Waals surface area (Å²) < 4.78 is 48.0. The van der Waals surface area contributed by atoms with Gasteiger partial charge in [-0.25, -0.2) is 17.5 Å². The average molecular weight is 433 g/mol. The SMILES string of the molecule is O=S(=O)(Nc1cnn(COc2ccc(F)cc2Cl)c1)c1cccc2cccnc12. The quantitative estimate of drug-likeness (QED) is 0.496. The summed E-state index contributed by atoms with van der Waals surface area (Å²) in [5, 5.41) is 4.90. The van der Waals surface area contributed by atoms with Gasteiger partial charge in [0.05, 0.1) is 28.6 Å². The van der Waals surface area contributed by atoms with Crippen molar-refractivity contribution in [3.63, 3.8) is 0 Å². The standard InChI is InChI=1S/C19H14ClFN4O3S/c20-16-9-14(21)6-7-17(16)28-12-25-11-15(10-23-25)24-29(26,27)18-5-1-3-13-4-2-8-22-19(13)18/h1-11,24H,12H2. The van der Waals surface area contributed by atoms with Crippen LogP contribution in [0.25, 0.3) is 10.9 Å². The van der Waals surface area contributed by atoms with E-state index in [1.807, 2.05) is 0 Å². The minimum atomic E-state index is -3.87. The van der Waals surface area contributed by atoms with Crippen molar-refractivity contribution < 1.29 is 17.5 Å². The number of rotatable bonds is 6. The molecule has 148 valence electrons. The molecule has 2 aromatic carbocycles. The second-order valence-electron chi connectivity index (χ2n) is 6.05. The summed E-state index contributed by atoms with van der Waals surface area (Å²) in [6.45, 7) is -0.0388. The van der Waals surface area contributed by atoms with Gasteiger partial charge in [-0.05, 0) is 30.3 Å². The molecule has 2 heterocycles. The maximum absolute atomic E-state index is 13.1. The van der Waals surface area contributed by atoms with Crippen molar-refractivity contribution >= 4 is 38.2 Å². The van der Waals surface area contributed by atoms with Gasteiger partial charge in [0, 0.05) is 11.6 Å². The molecule has 0 unspecified atom stereocenters. The molecule has 0 spiro atoms. The van der Waals surface area contributed by atoms with Crippen LogP contribution in [0.1, 0.15) is 0 Å². The average Bonchev–Trinajstić information content (AvgIpc) is 3.13. The molecule has 0 bridgehead atoms. The van der Waals surface area contributed by atoms with Crippen LogP contribution in [-0.2, 0) is 16.8 Å². The lowest BCUT2D eigenvalue weighted by Gasteiger charge is -2.09. The highest BCUT2D eigenvalue weighted by Crippen LogP contribution is 2.26. The van der Waals surface area contributed by atoms with Gasteiger partial charge in [0.2, 0.25) is 0 Å². The lowest BCUT2D eigenvalue weighted by Crippen LogP contribution is -2.13. The zero-order valence-electron chi connectivity index (χ0n) is 14.8. The molecule has 0 amide bonds. The molecule has 29 heavy (non-hydrogen) atoms. The zero-order valence-corrected chi connectivity index (χ0v) is 16.4. The second kappa shape index (κ2) is 7.69. The summed E-state index contributed by atoms with van der Waals surface area (Å²) in [7, 11) is -3.87. The van der Waals surface area contributed by atoms with Crippen molar-refractivity contribution in [2.24, 2.45) is 0 Å². The number of nitrogens with one attached hydrogen (secondary N) is 1. The van der Waals surface area contributed by atoms with Gasteiger partial charge < -0.3 is 4.74 Å². The third-order valence-corrected chi connectivity index (χ3v) is 5.73. The number of ether oxygens (including phenoxy) is 1. The van der Waals surface area contributed by atoms with Crippen LogP contribution in [0.5, 0.6) is 5.75 Å². The van der Waals surface area contributed by atoms with Crippen molar-refractivity contribution in [3.05, 3.63) is 78.0 Å². The van der Waals surface area contributed by atoms with E-state index in [4.69, 9.17) is 16.3 Å². The lowest BCUT2D eigenvalue weighted by atomic mass is 10.2. The summed E-state index contributed by atoms with van der Waals surface area (Å²) in [5.41, 5.74) is 0.635. The summed E-state index contributed by atoms with van der Waals surface area (Å²) in [6, 6.07) is 12.2. The molecule has 0 aliphatic carbocycles. The molecule has 4 rings (SSSR count). The highest BCUT2D eigenvalue weighted by Gasteiger charge is 2.19. The smallest absolute Gasteiger partial charge is 0.264 e. The predicted molar refractivity (Wildman–Crippen MR) is 107 cm³/mol. The molecule has 2 aromatic heterocycles. The first-order valence-electron chi connectivity index (χ1n) is 8.39. The Morgan fingerprint density at radius 3 is 2.83 bits per heavy atom. The molecule has 0 atom stereocenters. The molecule has 7 nitrogen and oxygen atoms in total. The first-order chi connectivity index (χ1) is 13.9. The molecule has 0 saturated carbocycles. The number of benzene rings is 2. The largest absolute Gasteiger partial charge is 0.470 e. The number of hydrogen-bond acceptors (Lipinski definition) is 5. The Balaban J connectivity index is 1.51. The van der Waals surface area contributed by atoms with Crippen molar-refractivity contribution in [3.8, 4) is 5.75 Å². The molecule has 1 N–H and O–H groups in total. The van der Waals surface area contributed by atoms with E-state index in [1.165, 1.54) is 41.5 Å². The van der Waals surface area contributed by atoms with E-state index in [2.05, 4.69) is 14.8 Å². The number of fused-ring (bicyclic) bond motifs is 1. The van der Waals surface area contributed by atoms with E-state index in [-0.39, 0.29) is 28.1 Å². The Kier molecular flexibility index (Phi) is 5.08. The molecule has 4 aromatic rings. The number of para-hydroxylation sites is 1. The lowest BCUT2D eigenvalue weighted by molar-refractivity contribution is 0.221. The number of nitrogens with zero attached hydrogens (tertiary/aromatic N) is 3. The maximum Gasteiger partial charge on any atom is 0.264 e. The number of sulfonamides is 1.